The Hall–Kier alpha value is -2.69. The van der Waals surface area contributed by atoms with Crippen LogP contribution in [-0.2, 0) is 0 Å². The molecule has 2 aromatic rings. The van der Waals surface area contributed by atoms with E-state index < -0.39 is 0 Å². The van der Waals surface area contributed by atoms with Crippen molar-refractivity contribution in [2.24, 2.45) is 5.10 Å². The van der Waals surface area contributed by atoms with Gasteiger partial charge in [-0.05, 0) is 48.4 Å². The molecule has 5 heteroatoms. The molecule has 162 valence electrons. The number of benzene rings is 1. The van der Waals surface area contributed by atoms with E-state index in [9.17, 15) is 4.79 Å². The summed E-state index contributed by atoms with van der Waals surface area (Å²) in [6.07, 6.45) is 18.0. The molecule has 0 bridgehead atoms. The Morgan fingerprint density at radius 1 is 0.900 bits per heavy atom. The molecular weight excluding hydrogens is 374 g/mol. The lowest BCUT2D eigenvalue weighted by Crippen LogP contribution is -2.17. The van der Waals surface area contributed by atoms with Crippen molar-refractivity contribution in [2.75, 3.05) is 6.61 Å². The summed E-state index contributed by atoms with van der Waals surface area (Å²) in [5, 5.41) is 3.99. The SMILES string of the molecule is CCCCCCCCCCCCOc1ccc(/C=N/NC(=O)c2ccncc2)cc1. The number of ether oxygens (including phenoxy) is 1. The van der Waals surface area contributed by atoms with E-state index in [1.165, 1.54) is 57.8 Å². The number of hydrogen-bond acceptors (Lipinski definition) is 4. The molecule has 0 aliphatic rings. The summed E-state index contributed by atoms with van der Waals surface area (Å²) in [6, 6.07) is 11.0. The van der Waals surface area contributed by atoms with Crippen LogP contribution in [0.15, 0.2) is 53.9 Å². The minimum atomic E-state index is -0.259. The topological polar surface area (TPSA) is 63.6 Å². The average molecular weight is 410 g/mol. The first-order valence-electron chi connectivity index (χ1n) is 11.3. The van der Waals surface area contributed by atoms with E-state index in [1.54, 1.807) is 30.7 Å². The normalized spacial score (nSPS) is 11.0. The summed E-state index contributed by atoms with van der Waals surface area (Å²) in [5.41, 5.74) is 3.93. The summed E-state index contributed by atoms with van der Waals surface area (Å²) >= 11 is 0. The molecule has 0 fully saturated rings. The van der Waals surface area contributed by atoms with Crippen molar-refractivity contribution >= 4 is 12.1 Å². The van der Waals surface area contributed by atoms with Gasteiger partial charge in [-0.25, -0.2) is 5.43 Å². The van der Waals surface area contributed by atoms with Crippen LogP contribution < -0.4 is 10.2 Å². The van der Waals surface area contributed by atoms with Crippen LogP contribution in [0.4, 0.5) is 0 Å². The van der Waals surface area contributed by atoms with Crippen LogP contribution in [0.25, 0.3) is 0 Å². The number of pyridine rings is 1. The second-order valence-corrected chi connectivity index (χ2v) is 7.53. The fraction of sp³-hybridized carbons (Fsp3) is 0.480. The molecule has 1 aromatic carbocycles. The Bertz CT molecular complexity index is 730. The number of hydrogen-bond donors (Lipinski definition) is 1. The molecule has 0 saturated carbocycles. The molecule has 0 unspecified atom stereocenters. The molecule has 0 spiro atoms. The molecule has 0 radical (unpaired) electrons. The van der Waals surface area contributed by atoms with E-state index in [1.807, 2.05) is 24.3 Å². The molecule has 0 aliphatic heterocycles. The number of nitrogens with zero attached hydrogens (tertiary/aromatic N) is 2. The van der Waals surface area contributed by atoms with Gasteiger partial charge in [0.05, 0.1) is 12.8 Å². The Labute approximate surface area is 181 Å². The van der Waals surface area contributed by atoms with Gasteiger partial charge in [-0.2, -0.15) is 5.10 Å². The van der Waals surface area contributed by atoms with Crippen LogP contribution >= 0.6 is 0 Å². The fourth-order valence-electron chi connectivity index (χ4n) is 3.16. The second kappa shape index (κ2) is 15.2. The highest BCUT2D eigenvalue weighted by Crippen LogP contribution is 2.13. The van der Waals surface area contributed by atoms with Crippen LogP contribution in [0.3, 0.4) is 0 Å². The molecule has 0 atom stereocenters. The molecule has 2 rings (SSSR count). The molecule has 1 aromatic heterocycles. The van der Waals surface area contributed by atoms with Crippen LogP contribution in [0.5, 0.6) is 5.75 Å². The molecular formula is C25H35N3O2. The number of unbranched alkanes of at least 4 members (excludes halogenated alkanes) is 9. The maximum atomic E-state index is 11.9. The Kier molecular flexibility index (Phi) is 11.9. The predicted molar refractivity (Wildman–Crippen MR) is 123 cm³/mol. The highest BCUT2D eigenvalue weighted by atomic mass is 16.5. The molecule has 30 heavy (non-hydrogen) atoms. The lowest BCUT2D eigenvalue weighted by Gasteiger charge is -2.06. The standard InChI is InChI=1S/C25H35N3O2/c1-2-3-4-5-6-7-8-9-10-11-20-30-24-14-12-22(13-15-24)21-27-28-25(29)23-16-18-26-19-17-23/h12-19,21H,2-11,20H2,1H3,(H,28,29)/b27-21+. The molecule has 5 nitrogen and oxygen atoms in total. The number of aromatic nitrogens is 1. The van der Waals surface area contributed by atoms with E-state index in [4.69, 9.17) is 4.74 Å². The van der Waals surface area contributed by atoms with Gasteiger partial charge in [-0.3, -0.25) is 9.78 Å². The molecule has 1 amide bonds. The molecule has 1 heterocycles. The summed E-state index contributed by atoms with van der Waals surface area (Å²) < 4.78 is 5.81. The van der Waals surface area contributed by atoms with Crippen LogP contribution in [0, 0.1) is 0 Å². The quantitative estimate of drug-likeness (QED) is 0.218. The van der Waals surface area contributed by atoms with E-state index in [0.717, 1.165) is 24.3 Å². The first kappa shape index (κ1) is 23.6. The summed E-state index contributed by atoms with van der Waals surface area (Å²) in [4.78, 5) is 15.8. The Balaban J connectivity index is 1.54. The van der Waals surface area contributed by atoms with Gasteiger partial charge >= 0.3 is 0 Å². The van der Waals surface area contributed by atoms with E-state index in [-0.39, 0.29) is 5.91 Å². The van der Waals surface area contributed by atoms with Crippen molar-refractivity contribution < 1.29 is 9.53 Å². The van der Waals surface area contributed by atoms with Crippen molar-refractivity contribution in [1.82, 2.24) is 10.4 Å². The van der Waals surface area contributed by atoms with Crippen LogP contribution in [0.1, 0.15) is 87.1 Å². The van der Waals surface area contributed by atoms with Crippen molar-refractivity contribution in [1.29, 1.82) is 0 Å². The number of carbonyl (C=O) groups excluding carboxylic acids is 1. The third-order valence-electron chi connectivity index (χ3n) is 4.97. The third kappa shape index (κ3) is 10.2. The highest BCUT2D eigenvalue weighted by Gasteiger charge is 2.02. The minimum absolute atomic E-state index is 0.259. The third-order valence-corrected chi connectivity index (χ3v) is 4.97. The average Bonchev–Trinajstić information content (AvgIpc) is 2.79. The summed E-state index contributed by atoms with van der Waals surface area (Å²) in [7, 11) is 0. The molecule has 0 aliphatic carbocycles. The van der Waals surface area contributed by atoms with Gasteiger partial charge in [0.15, 0.2) is 0 Å². The zero-order valence-electron chi connectivity index (χ0n) is 18.2. The van der Waals surface area contributed by atoms with Crippen LogP contribution in [-0.4, -0.2) is 23.7 Å². The van der Waals surface area contributed by atoms with E-state index >= 15 is 0 Å². The van der Waals surface area contributed by atoms with Gasteiger partial charge in [0.1, 0.15) is 5.75 Å². The van der Waals surface area contributed by atoms with Gasteiger partial charge in [0.25, 0.3) is 5.91 Å². The number of carbonyl (C=O) groups is 1. The largest absolute Gasteiger partial charge is 0.494 e. The van der Waals surface area contributed by atoms with Gasteiger partial charge < -0.3 is 4.74 Å². The Morgan fingerprint density at radius 3 is 2.13 bits per heavy atom. The first-order chi connectivity index (χ1) is 14.8. The highest BCUT2D eigenvalue weighted by molar-refractivity contribution is 5.94. The summed E-state index contributed by atoms with van der Waals surface area (Å²) in [6.45, 7) is 3.02. The first-order valence-corrected chi connectivity index (χ1v) is 11.3. The monoisotopic (exact) mass is 409 g/mol. The number of amides is 1. The van der Waals surface area contributed by atoms with E-state index in [2.05, 4.69) is 22.4 Å². The van der Waals surface area contributed by atoms with Gasteiger partial charge in [0.2, 0.25) is 0 Å². The lowest BCUT2D eigenvalue weighted by atomic mass is 10.1. The van der Waals surface area contributed by atoms with Crippen molar-refractivity contribution in [2.45, 2.75) is 71.1 Å². The second-order valence-electron chi connectivity index (χ2n) is 7.53. The maximum Gasteiger partial charge on any atom is 0.271 e. The summed E-state index contributed by atoms with van der Waals surface area (Å²) in [5.74, 6) is 0.606. The van der Waals surface area contributed by atoms with Crippen molar-refractivity contribution in [3.63, 3.8) is 0 Å². The van der Waals surface area contributed by atoms with Gasteiger partial charge in [-0.1, -0.05) is 64.7 Å². The molecule has 1 N–H and O–H groups in total. The predicted octanol–water partition coefficient (Wildman–Crippen LogP) is 6.15. The van der Waals surface area contributed by atoms with Crippen LogP contribution in [0.2, 0.25) is 0 Å². The van der Waals surface area contributed by atoms with E-state index in [0.29, 0.717) is 5.56 Å². The lowest BCUT2D eigenvalue weighted by molar-refractivity contribution is 0.0955. The smallest absolute Gasteiger partial charge is 0.271 e. The maximum absolute atomic E-state index is 11.9. The zero-order valence-corrected chi connectivity index (χ0v) is 18.2. The van der Waals surface area contributed by atoms with Gasteiger partial charge in [0, 0.05) is 18.0 Å². The zero-order chi connectivity index (χ0) is 21.3. The molecule has 0 saturated heterocycles. The Morgan fingerprint density at radius 2 is 1.50 bits per heavy atom. The number of hydrazone groups is 1. The minimum Gasteiger partial charge on any atom is -0.494 e. The number of rotatable bonds is 15. The van der Waals surface area contributed by atoms with Gasteiger partial charge in [-0.15, -0.1) is 0 Å². The van der Waals surface area contributed by atoms with Crippen molar-refractivity contribution in [3.8, 4) is 5.75 Å². The van der Waals surface area contributed by atoms with Crippen molar-refractivity contribution in [3.05, 3.63) is 59.9 Å². The number of nitrogens with one attached hydrogen (secondary N) is 1. The fourth-order valence-corrected chi connectivity index (χ4v) is 3.16.